The van der Waals surface area contributed by atoms with Crippen molar-refractivity contribution in [2.24, 2.45) is 0 Å². The topological polar surface area (TPSA) is 86.5 Å². The van der Waals surface area contributed by atoms with Crippen molar-refractivity contribution in [3.05, 3.63) is 111 Å². The van der Waals surface area contributed by atoms with Crippen LogP contribution in [0.5, 0.6) is 5.75 Å². The molecular formula is C22H14ClNO5. The second-order valence-electron chi connectivity index (χ2n) is 5.97. The highest BCUT2D eigenvalue weighted by molar-refractivity contribution is 6.30. The third kappa shape index (κ3) is 5.37. The second-order valence-corrected chi connectivity index (χ2v) is 6.41. The highest BCUT2D eigenvalue weighted by Gasteiger charge is 2.11. The zero-order valence-corrected chi connectivity index (χ0v) is 15.7. The molecule has 29 heavy (non-hydrogen) atoms. The Morgan fingerprint density at radius 3 is 2.24 bits per heavy atom. The molecule has 7 heteroatoms. The average molecular weight is 408 g/mol. The molecule has 3 aromatic rings. The number of non-ortho nitro benzene ring substituents is 1. The molecule has 0 unspecified atom stereocenters. The van der Waals surface area contributed by atoms with Gasteiger partial charge in [0.15, 0.2) is 5.78 Å². The molecule has 0 aliphatic rings. The first-order valence-corrected chi connectivity index (χ1v) is 8.85. The summed E-state index contributed by atoms with van der Waals surface area (Å²) in [6.45, 7) is 0. The molecule has 0 aromatic heterocycles. The van der Waals surface area contributed by atoms with Gasteiger partial charge in [-0.1, -0.05) is 29.8 Å². The molecule has 0 N–H and O–H groups in total. The quantitative estimate of drug-likeness (QED) is 0.137. The van der Waals surface area contributed by atoms with E-state index in [-0.39, 0.29) is 22.8 Å². The molecule has 0 saturated carbocycles. The molecule has 0 aliphatic heterocycles. The maximum atomic E-state index is 12.2. The van der Waals surface area contributed by atoms with Gasteiger partial charge in [0.05, 0.1) is 10.5 Å². The van der Waals surface area contributed by atoms with E-state index in [0.717, 1.165) is 0 Å². The van der Waals surface area contributed by atoms with E-state index in [2.05, 4.69) is 0 Å². The van der Waals surface area contributed by atoms with Crippen molar-refractivity contribution in [1.29, 1.82) is 0 Å². The van der Waals surface area contributed by atoms with Crippen molar-refractivity contribution in [3.8, 4) is 5.75 Å². The lowest BCUT2D eigenvalue weighted by molar-refractivity contribution is -0.384. The van der Waals surface area contributed by atoms with E-state index in [9.17, 15) is 19.7 Å². The number of allylic oxidation sites excluding steroid dienone is 1. The SMILES string of the molecule is O=C(/C=C/c1cccc(OC(=O)c2ccc([N+](=O)[O-])cc2)c1)c1ccc(Cl)cc1. The highest BCUT2D eigenvalue weighted by atomic mass is 35.5. The van der Waals surface area contributed by atoms with Crippen LogP contribution in [0.3, 0.4) is 0 Å². The molecule has 0 radical (unpaired) electrons. The van der Waals surface area contributed by atoms with Crippen LogP contribution in [0.1, 0.15) is 26.3 Å². The Hall–Kier alpha value is -3.77. The van der Waals surface area contributed by atoms with Crippen LogP contribution >= 0.6 is 11.6 Å². The number of benzene rings is 3. The number of carbonyl (C=O) groups is 2. The zero-order valence-electron chi connectivity index (χ0n) is 14.9. The summed E-state index contributed by atoms with van der Waals surface area (Å²) >= 11 is 5.81. The predicted molar refractivity (Wildman–Crippen MR) is 109 cm³/mol. The summed E-state index contributed by atoms with van der Waals surface area (Å²) in [4.78, 5) is 34.5. The smallest absolute Gasteiger partial charge is 0.343 e. The van der Waals surface area contributed by atoms with Crippen molar-refractivity contribution in [3.63, 3.8) is 0 Å². The van der Waals surface area contributed by atoms with Gasteiger partial charge >= 0.3 is 5.97 Å². The Labute approximate surface area is 171 Å². The number of rotatable bonds is 6. The van der Waals surface area contributed by atoms with Gasteiger partial charge in [-0.15, -0.1) is 0 Å². The fourth-order valence-electron chi connectivity index (χ4n) is 2.45. The number of hydrogen-bond acceptors (Lipinski definition) is 5. The summed E-state index contributed by atoms with van der Waals surface area (Å²) < 4.78 is 5.30. The Morgan fingerprint density at radius 1 is 0.931 bits per heavy atom. The molecule has 3 rings (SSSR count). The van der Waals surface area contributed by atoms with E-state index in [1.54, 1.807) is 54.6 Å². The van der Waals surface area contributed by atoms with Crippen molar-refractivity contribution in [2.45, 2.75) is 0 Å². The van der Waals surface area contributed by atoms with E-state index in [1.165, 1.54) is 30.3 Å². The standard InChI is InChI=1S/C22H14ClNO5/c23-18-9-5-16(6-10-18)21(25)13-4-15-2-1-3-20(14-15)29-22(26)17-7-11-19(12-8-17)24(27)28/h1-14H/b13-4+. The van der Waals surface area contributed by atoms with Crippen LogP contribution in [0.15, 0.2) is 78.9 Å². The minimum atomic E-state index is -0.640. The van der Waals surface area contributed by atoms with E-state index in [1.807, 2.05) is 0 Å². The Bertz CT molecular complexity index is 1090. The lowest BCUT2D eigenvalue weighted by Gasteiger charge is -2.05. The van der Waals surface area contributed by atoms with Crippen LogP contribution < -0.4 is 4.74 Å². The van der Waals surface area contributed by atoms with Crippen molar-refractivity contribution in [2.75, 3.05) is 0 Å². The molecule has 0 spiro atoms. The summed E-state index contributed by atoms with van der Waals surface area (Å²) in [5, 5.41) is 11.2. The fourth-order valence-corrected chi connectivity index (χ4v) is 2.58. The minimum Gasteiger partial charge on any atom is -0.423 e. The van der Waals surface area contributed by atoms with Crippen molar-refractivity contribution in [1.82, 2.24) is 0 Å². The fraction of sp³-hybridized carbons (Fsp3) is 0. The first-order chi connectivity index (χ1) is 13.9. The number of carbonyl (C=O) groups excluding carboxylic acids is 2. The predicted octanol–water partition coefficient (Wildman–Crippen LogP) is 5.36. The maximum absolute atomic E-state index is 12.2. The molecule has 0 bridgehead atoms. The van der Waals surface area contributed by atoms with Crippen LogP contribution in [0.25, 0.3) is 6.08 Å². The summed E-state index contributed by atoms with van der Waals surface area (Å²) in [5.74, 6) is -0.539. The minimum absolute atomic E-state index is 0.112. The Kier molecular flexibility index (Phi) is 6.16. The number of nitro benzene ring substituents is 1. The highest BCUT2D eigenvalue weighted by Crippen LogP contribution is 2.18. The lowest BCUT2D eigenvalue weighted by Crippen LogP contribution is -2.08. The molecule has 3 aromatic carbocycles. The first-order valence-electron chi connectivity index (χ1n) is 8.47. The third-order valence-electron chi connectivity index (χ3n) is 3.94. The Morgan fingerprint density at radius 2 is 1.59 bits per heavy atom. The van der Waals surface area contributed by atoms with E-state index >= 15 is 0 Å². The second kappa shape index (κ2) is 8.95. The van der Waals surface area contributed by atoms with Crippen LogP contribution in [0.2, 0.25) is 5.02 Å². The molecule has 0 atom stereocenters. The summed E-state index contributed by atoms with van der Waals surface area (Å²) in [6.07, 6.45) is 3.03. The number of nitro groups is 1. The molecule has 0 heterocycles. The van der Waals surface area contributed by atoms with Gasteiger partial charge < -0.3 is 4.74 Å². The largest absolute Gasteiger partial charge is 0.423 e. The van der Waals surface area contributed by atoms with Gasteiger partial charge in [0.25, 0.3) is 5.69 Å². The summed E-state index contributed by atoms with van der Waals surface area (Å²) in [5.41, 5.74) is 1.25. The van der Waals surface area contributed by atoms with Gasteiger partial charge in [-0.3, -0.25) is 14.9 Å². The number of halogens is 1. The van der Waals surface area contributed by atoms with Crippen LogP contribution in [-0.4, -0.2) is 16.7 Å². The normalized spacial score (nSPS) is 10.7. The summed E-state index contributed by atoms with van der Waals surface area (Å²) in [6, 6.07) is 18.3. The summed E-state index contributed by atoms with van der Waals surface area (Å²) in [7, 11) is 0. The molecule has 144 valence electrons. The van der Waals surface area contributed by atoms with E-state index in [0.29, 0.717) is 16.1 Å². The molecule has 0 amide bonds. The van der Waals surface area contributed by atoms with Gasteiger partial charge in [-0.2, -0.15) is 0 Å². The molecule has 0 aliphatic carbocycles. The van der Waals surface area contributed by atoms with Crippen LogP contribution in [0.4, 0.5) is 5.69 Å². The van der Waals surface area contributed by atoms with Crippen molar-refractivity contribution >= 4 is 35.1 Å². The first kappa shape index (κ1) is 20.0. The molecular weight excluding hydrogens is 394 g/mol. The van der Waals surface area contributed by atoms with Gasteiger partial charge in [-0.25, -0.2) is 4.79 Å². The average Bonchev–Trinajstić information content (AvgIpc) is 2.73. The maximum Gasteiger partial charge on any atom is 0.343 e. The number of nitrogens with zero attached hydrogens (tertiary/aromatic N) is 1. The van der Waals surface area contributed by atoms with Gasteiger partial charge in [0, 0.05) is 22.7 Å². The Balaban J connectivity index is 1.68. The number of ether oxygens (including phenoxy) is 1. The van der Waals surface area contributed by atoms with Gasteiger partial charge in [0.2, 0.25) is 0 Å². The molecule has 0 fully saturated rings. The lowest BCUT2D eigenvalue weighted by atomic mass is 10.1. The number of hydrogen-bond donors (Lipinski definition) is 0. The number of esters is 1. The monoisotopic (exact) mass is 407 g/mol. The third-order valence-corrected chi connectivity index (χ3v) is 4.19. The van der Waals surface area contributed by atoms with E-state index < -0.39 is 10.9 Å². The van der Waals surface area contributed by atoms with E-state index in [4.69, 9.17) is 16.3 Å². The number of ketones is 1. The molecule has 6 nitrogen and oxygen atoms in total. The zero-order chi connectivity index (χ0) is 20.8. The van der Waals surface area contributed by atoms with Gasteiger partial charge in [0.1, 0.15) is 5.75 Å². The van der Waals surface area contributed by atoms with Crippen LogP contribution in [-0.2, 0) is 0 Å². The molecule has 0 saturated heterocycles. The van der Waals surface area contributed by atoms with Gasteiger partial charge in [-0.05, 0) is 60.2 Å². The van der Waals surface area contributed by atoms with Crippen LogP contribution in [0, 0.1) is 10.1 Å². The van der Waals surface area contributed by atoms with Crippen molar-refractivity contribution < 1.29 is 19.2 Å².